The number of rotatable bonds is 7. The molecule has 0 bridgehead atoms. The van der Waals surface area contributed by atoms with Gasteiger partial charge in [0.1, 0.15) is 5.76 Å². The van der Waals surface area contributed by atoms with Gasteiger partial charge >= 0.3 is 15.6 Å². The lowest BCUT2D eigenvalue weighted by Gasteiger charge is -2.37. The lowest BCUT2D eigenvalue weighted by molar-refractivity contribution is -0.0529. The van der Waals surface area contributed by atoms with Crippen LogP contribution in [0.15, 0.2) is 11.8 Å². The molecule has 0 heterocycles. The molecule has 0 saturated carbocycles. The molecule has 0 aromatic rings. The van der Waals surface area contributed by atoms with Gasteiger partial charge in [-0.1, -0.05) is 34.6 Å². The molecule has 1 rings (SSSR count). The number of hydrogen-bond donors (Lipinski definition) is 0. The fourth-order valence-electron chi connectivity index (χ4n) is 2.74. The molecule has 1 aliphatic rings. The SMILES string of the molecule is C[C@@H]1CC[C@@](C)(CCCO[Si](C)(C)C(C)(C)C)C=C1OS(=O)(=O)C(F)(F)F. The van der Waals surface area contributed by atoms with Gasteiger partial charge in [-0.15, -0.1) is 0 Å². The van der Waals surface area contributed by atoms with Gasteiger partial charge in [-0.25, -0.2) is 0 Å². The Kier molecular flexibility index (Phi) is 7.31. The molecular weight excluding hydrogens is 397 g/mol. The van der Waals surface area contributed by atoms with Crippen molar-refractivity contribution in [3.05, 3.63) is 11.8 Å². The molecule has 0 aromatic carbocycles. The average molecular weight is 431 g/mol. The smallest absolute Gasteiger partial charge is 0.417 e. The molecule has 27 heavy (non-hydrogen) atoms. The van der Waals surface area contributed by atoms with Crippen LogP contribution in [0.25, 0.3) is 0 Å². The molecule has 0 unspecified atom stereocenters. The minimum absolute atomic E-state index is 0.105. The topological polar surface area (TPSA) is 52.6 Å². The number of hydrogen-bond acceptors (Lipinski definition) is 4. The van der Waals surface area contributed by atoms with E-state index in [-0.39, 0.29) is 16.7 Å². The Labute approximate surface area is 162 Å². The molecule has 1 aliphatic carbocycles. The Morgan fingerprint density at radius 2 is 1.81 bits per heavy atom. The van der Waals surface area contributed by atoms with Crippen LogP contribution in [0.5, 0.6) is 0 Å². The van der Waals surface area contributed by atoms with Crippen LogP contribution in [-0.2, 0) is 18.7 Å². The van der Waals surface area contributed by atoms with Crippen molar-refractivity contribution in [3.8, 4) is 0 Å². The molecule has 0 aromatic heterocycles. The van der Waals surface area contributed by atoms with E-state index in [4.69, 9.17) is 4.43 Å². The molecule has 0 amide bonds. The monoisotopic (exact) mass is 430 g/mol. The third-order valence-corrected chi connectivity index (χ3v) is 11.3. The van der Waals surface area contributed by atoms with Gasteiger partial charge in [-0.05, 0) is 55.3 Å². The van der Waals surface area contributed by atoms with Crippen molar-refractivity contribution in [2.24, 2.45) is 11.3 Å². The summed E-state index contributed by atoms with van der Waals surface area (Å²) in [5, 5.41) is 0.115. The van der Waals surface area contributed by atoms with Gasteiger partial charge in [0, 0.05) is 12.5 Å². The maximum absolute atomic E-state index is 12.6. The highest BCUT2D eigenvalue weighted by Gasteiger charge is 2.49. The first-order valence-corrected chi connectivity index (χ1v) is 13.6. The maximum Gasteiger partial charge on any atom is 0.534 e. The normalized spacial score (nSPS) is 25.3. The lowest BCUT2D eigenvalue weighted by atomic mass is 9.74. The van der Waals surface area contributed by atoms with E-state index >= 15 is 0 Å². The fourth-order valence-corrected chi connectivity index (χ4v) is 4.39. The summed E-state index contributed by atoms with van der Waals surface area (Å²) in [6, 6.07) is 0. The zero-order valence-corrected chi connectivity index (χ0v) is 19.2. The van der Waals surface area contributed by atoms with Crippen molar-refractivity contribution in [1.29, 1.82) is 0 Å². The number of halogens is 3. The first kappa shape index (κ1) is 24.5. The summed E-state index contributed by atoms with van der Waals surface area (Å²) in [5.74, 6) is -0.468. The van der Waals surface area contributed by atoms with Gasteiger partial charge in [0.05, 0.1) is 0 Å². The Bertz CT molecular complexity index is 650. The fraction of sp³-hybridized carbons (Fsp3) is 0.889. The summed E-state index contributed by atoms with van der Waals surface area (Å²) in [6.45, 7) is 15.0. The molecule has 0 fully saturated rings. The second kappa shape index (κ2) is 8.06. The quantitative estimate of drug-likeness (QED) is 0.216. The van der Waals surface area contributed by atoms with Crippen LogP contribution < -0.4 is 0 Å². The van der Waals surface area contributed by atoms with Gasteiger partial charge < -0.3 is 8.61 Å². The van der Waals surface area contributed by atoms with Gasteiger partial charge in [-0.3, -0.25) is 0 Å². The van der Waals surface area contributed by atoms with Crippen molar-refractivity contribution in [2.75, 3.05) is 6.61 Å². The van der Waals surface area contributed by atoms with E-state index in [9.17, 15) is 21.6 Å². The minimum Gasteiger partial charge on any atom is -0.417 e. The Hall–Kier alpha value is -0.543. The van der Waals surface area contributed by atoms with E-state index in [1.54, 1.807) is 13.0 Å². The predicted molar refractivity (Wildman–Crippen MR) is 103 cm³/mol. The van der Waals surface area contributed by atoms with Crippen molar-refractivity contribution in [1.82, 2.24) is 0 Å². The average Bonchev–Trinajstić information content (AvgIpc) is 2.45. The molecule has 4 nitrogen and oxygen atoms in total. The van der Waals surface area contributed by atoms with Crippen LogP contribution in [0.3, 0.4) is 0 Å². The highest BCUT2D eigenvalue weighted by atomic mass is 32.2. The molecule has 0 spiro atoms. The van der Waals surface area contributed by atoms with Crippen molar-refractivity contribution >= 4 is 18.4 Å². The van der Waals surface area contributed by atoms with E-state index in [1.807, 2.05) is 6.92 Å². The highest BCUT2D eigenvalue weighted by molar-refractivity contribution is 7.87. The molecule has 2 atom stereocenters. The summed E-state index contributed by atoms with van der Waals surface area (Å²) in [5.41, 5.74) is -5.82. The van der Waals surface area contributed by atoms with Crippen LogP contribution in [0.2, 0.25) is 18.1 Å². The molecule has 160 valence electrons. The van der Waals surface area contributed by atoms with Gasteiger partial charge in [0.15, 0.2) is 8.32 Å². The van der Waals surface area contributed by atoms with Gasteiger partial charge in [-0.2, -0.15) is 21.6 Å². The Balaban J connectivity index is 2.77. The maximum atomic E-state index is 12.6. The van der Waals surface area contributed by atoms with Gasteiger partial charge in [0.2, 0.25) is 0 Å². The van der Waals surface area contributed by atoms with Crippen LogP contribution in [0, 0.1) is 11.3 Å². The highest BCUT2D eigenvalue weighted by Crippen LogP contribution is 2.42. The van der Waals surface area contributed by atoms with E-state index in [0.29, 0.717) is 19.4 Å². The third-order valence-electron chi connectivity index (χ3n) is 5.78. The van der Waals surface area contributed by atoms with Gasteiger partial charge in [0.25, 0.3) is 0 Å². The minimum atomic E-state index is -5.63. The van der Waals surface area contributed by atoms with Crippen LogP contribution in [-0.4, -0.2) is 28.9 Å². The second-order valence-corrected chi connectivity index (χ2v) is 15.7. The number of allylic oxidation sites excluding steroid dienone is 2. The van der Waals surface area contributed by atoms with E-state index in [0.717, 1.165) is 12.8 Å². The van der Waals surface area contributed by atoms with Crippen molar-refractivity contribution < 1.29 is 30.2 Å². The van der Waals surface area contributed by atoms with E-state index in [1.165, 1.54) is 0 Å². The first-order chi connectivity index (χ1) is 11.9. The summed E-state index contributed by atoms with van der Waals surface area (Å²) in [4.78, 5) is 0. The standard InChI is InChI=1S/C18H33F3O4SSi/c1-14-9-11-17(5,10-8-12-24-27(6,7)16(2,3)4)13-15(14)25-26(22,23)18(19,20)21/h13-14H,8-12H2,1-7H3/t14-,17-/m1/s1. The second-order valence-electron chi connectivity index (χ2n) is 9.34. The summed E-state index contributed by atoms with van der Waals surface area (Å²) >= 11 is 0. The van der Waals surface area contributed by atoms with E-state index in [2.05, 4.69) is 38.0 Å². The molecule has 0 radical (unpaired) electrons. The lowest BCUT2D eigenvalue weighted by Crippen LogP contribution is -2.41. The largest absolute Gasteiger partial charge is 0.534 e. The number of alkyl halides is 3. The summed E-state index contributed by atoms with van der Waals surface area (Å²) in [6.07, 6.45) is 4.38. The predicted octanol–water partition coefficient (Wildman–Crippen LogP) is 5.97. The summed E-state index contributed by atoms with van der Waals surface area (Å²) in [7, 11) is -7.47. The van der Waals surface area contributed by atoms with Crippen LogP contribution >= 0.6 is 0 Å². The molecule has 0 aliphatic heterocycles. The zero-order chi connectivity index (χ0) is 21.3. The molecule has 0 N–H and O–H groups in total. The van der Waals surface area contributed by atoms with Crippen LogP contribution in [0.4, 0.5) is 13.2 Å². The zero-order valence-electron chi connectivity index (χ0n) is 17.4. The van der Waals surface area contributed by atoms with Crippen molar-refractivity contribution in [2.45, 2.75) is 83.9 Å². The van der Waals surface area contributed by atoms with Crippen molar-refractivity contribution in [3.63, 3.8) is 0 Å². The van der Waals surface area contributed by atoms with Crippen LogP contribution in [0.1, 0.15) is 60.3 Å². The molecule has 0 saturated heterocycles. The third kappa shape index (κ3) is 6.49. The molecular formula is C18H33F3O4SSi. The Morgan fingerprint density at radius 1 is 1.26 bits per heavy atom. The first-order valence-electron chi connectivity index (χ1n) is 9.28. The summed E-state index contributed by atoms with van der Waals surface area (Å²) < 4.78 is 71.1. The van der Waals surface area contributed by atoms with E-state index < -0.39 is 29.4 Å². The molecule has 9 heteroatoms. The Morgan fingerprint density at radius 3 is 2.30 bits per heavy atom.